The number of anilines is 3. The van der Waals surface area contributed by atoms with E-state index in [1.54, 1.807) is 35.5 Å². The maximum atomic E-state index is 14.7. The first-order valence-electron chi connectivity index (χ1n) is 14.4. The van der Waals surface area contributed by atoms with Crippen molar-refractivity contribution in [1.82, 2.24) is 20.3 Å². The molecule has 1 N–H and O–H groups in total. The number of ether oxygens (including phenoxy) is 2. The molecule has 11 nitrogen and oxygen atoms in total. The number of aromatic nitrogens is 3. The van der Waals surface area contributed by atoms with Crippen molar-refractivity contribution in [3.63, 3.8) is 0 Å². The molecule has 3 aliphatic rings. The van der Waals surface area contributed by atoms with Crippen molar-refractivity contribution in [2.75, 3.05) is 42.6 Å². The van der Waals surface area contributed by atoms with E-state index in [0.717, 1.165) is 12.1 Å². The van der Waals surface area contributed by atoms with E-state index in [1.165, 1.54) is 0 Å². The Labute approximate surface area is 260 Å². The summed E-state index contributed by atoms with van der Waals surface area (Å²) >= 11 is 0. The molecule has 3 aromatic heterocycles. The fourth-order valence-electron chi connectivity index (χ4n) is 5.58. The number of amides is 1. The van der Waals surface area contributed by atoms with Gasteiger partial charge in [0.1, 0.15) is 17.3 Å². The number of sulfone groups is 1. The van der Waals surface area contributed by atoms with E-state index in [2.05, 4.69) is 15.3 Å². The third kappa shape index (κ3) is 5.39. The van der Waals surface area contributed by atoms with Gasteiger partial charge in [-0.1, -0.05) is 0 Å². The summed E-state index contributed by atoms with van der Waals surface area (Å²) in [7, 11) is -4.55. The molecule has 0 aliphatic carbocycles. The number of halogens is 4. The van der Waals surface area contributed by atoms with Crippen LogP contribution in [0.5, 0.6) is 11.5 Å². The standard InChI is InChI=1S/C30H26F4N6O5S/c31-20-7-17(8-25-28(20)45-5-3-26(34)46(25,42)43)30(41)37-12-18-9-23-16(11-35-18)1-2-27(38-23)40-4-6-44-24-10-19(13-36-29(24)40)39-14-21(32)22(33)15-39/h1-2,7-11,13,21-22,26H,3-6,12,14-15H2,(H,37,41)/t21-,22+,26-/m1/s1. The minimum absolute atomic E-state index is 0.0605. The zero-order valence-electron chi connectivity index (χ0n) is 24.0. The Morgan fingerprint density at radius 1 is 1.00 bits per heavy atom. The largest absolute Gasteiger partial charge is 0.489 e. The van der Waals surface area contributed by atoms with Crippen LogP contribution < -0.4 is 24.6 Å². The summed E-state index contributed by atoms with van der Waals surface area (Å²) in [5.41, 5.74) is -1.08. The second-order valence-corrected chi connectivity index (χ2v) is 13.1. The van der Waals surface area contributed by atoms with Gasteiger partial charge in [0.2, 0.25) is 15.3 Å². The predicted molar refractivity (Wildman–Crippen MR) is 158 cm³/mol. The van der Waals surface area contributed by atoms with E-state index in [1.807, 2.05) is 11.0 Å². The SMILES string of the molecule is O=C(NCc1cc2nc(N3CCOc4cc(N5C[C@@H](F)[C@@H](F)C5)cnc43)ccc2cn1)c1cc(F)c2c(c1)S(=O)(=O)[C@@H](F)CCO2. The van der Waals surface area contributed by atoms with Gasteiger partial charge in [-0.15, -0.1) is 0 Å². The molecular formula is C30H26F4N6O5S. The first kappa shape index (κ1) is 30.0. The summed E-state index contributed by atoms with van der Waals surface area (Å²) in [6.45, 7) is 0.220. The molecule has 1 fully saturated rings. The molecule has 4 aromatic rings. The molecule has 3 aliphatic heterocycles. The average Bonchev–Trinajstić information content (AvgIpc) is 3.34. The summed E-state index contributed by atoms with van der Waals surface area (Å²) in [4.78, 5) is 29.3. The number of carbonyl (C=O) groups excluding carboxylic acids is 1. The summed E-state index contributed by atoms with van der Waals surface area (Å²) in [6, 6.07) is 8.73. The quantitative estimate of drug-likeness (QED) is 0.315. The van der Waals surface area contributed by atoms with Crippen molar-refractivity contribution in [1.29, 1.82) is 0 Å². The van der Waals surface area contributed by atoms with Crippen molar-refractivity contribution in [2.24, 2.45) is 0 Å². The normalized spacial score (nSPS) is 22.0. The summed E-state index contributed by atoms with van der Waals surface area (Å²) in [6.07, 6.45) is -0.451. The van der Waals surface area contributed by atoms with E-state index in [4.69, 9.17) is 14.5 Å². The van der Waals surface area contributed by atoms with Gasteiger partial charge in [-0.2, -0.15) is 0 Å². The zero-order chi connectivity index (χ0) is 32.2. The van der Waals surface area contributed by atoms with Gasteiger partial charge in [0.25, 0.3) is 5.91 Å². The Hall–Kier alpha value is -4.73. The van der Waals surface area contributed by atoms with Gasteiger partial charge in [0, 0.05) is 29.6 Å². The summed E-state index contributed by atoms with van der Waals surface area (Å²) in [5.74, 6) is -0.984. The van der Waals surface area contributed by atoms with Gasteiger partial charge in [0.15, 0.2) is 35.5 Å². The molecule has 1 saturated heterocycles. The lowest BCUT2D eigenvalue weighted by atomic mass is 10.2. The third-order valence-electron chi connectivity index (χ3n) is 8.02. The highest BCUT2D eigenvalue weighted by Gasteiger charge is 2.36. The van der Waals surface area contributed by atoms with Gasteiger partial charge in [-0.05, 0) is 30.3 Å². The van der Waals surface area contributed by atoms with Crippen LogP contribution in [-0.4, -0.2) is 80.0 Å². The first-order valence-corrected chi connectivity index (χ1v) is 15.9. The Kier molecular flexibility index (Phi) is 7.53. The first-order chi connectivity index (χ1) is 22.1. The van der Waals surface area contributed by atoms with Crippen molar-refractivity contribution >= 4 is 44.0 Å². The lowest BCUT2D eigenvalue weighted by molar-refractivity contribution is 0.0949. The minimum atomic E-state index is -4.55. The molecule has 0 saturated carbocycles. The number of alkyl halides is 3. The van der Waals surface area contributed by atoms with Crippen LogP contribution >= 0.6 is 0 Å². The van der Waals surface area contributed by atoms with Crippen LogP contribution in [0.1, 0.15) is 22.5 Å². The molecule has 3 atom stereocenters. The highest BCUT2D eigenvalue weighted by Crippen LogP contribution is 2.38. The smallest absolute Gasteiger partial charge is 0.251 e. The molecule has 16 heteroatoms. The number of benzene rings is 1. The van der Waals surface area contributed by atoms with Crippen LogP contribution in [0.25, 0.3) is 10.9 Å². The predicted octanol–water partition coefficient (Wildman–Crippen LogP) is 3.97. The monoisotopic (exact) mass is 658 g/mol. The van der Waals surface area contributed by atoms with Gasteiger partial charge < -0.3 is 24.6 Å². The van der Waals surface area contributed by atoms with Gasteiger partial charge in [0.05, 0.1) is 55.9 Å². The zero-order valence-corrected chi connectivity index (χ0v) is 24.8. The second kappa shape index (κ2) is 11.6. The molecule has 0 radical (unpaired) electrons. The Bertz CT molecular complexity index is 1960. The fourth-order valence-corrected chi connectivity index (χ4v) is 6.97. The number of hydrogen-bond donors (Lipinski definition) is 1. The van der Waals surface area contributed by atoms with Crippen LogP contribution in [-0.2, 0) is 16.4 Å². The van der Waals surface area contributed by atoms with Gasteiger partial charge >= 0.3 is 0 Å². The number of rotatable bonds is 5. The van der Waals surface area contributed by atoms with Crippen LogP contribution in [0.2, 0.25) is 0 Å². The van der Waals surface area contributed by atoms with Crippen LogP contribution in [0.3, 0.4) is 0 Å². The van der Waals surface area contributed by atoms with Crippen molar-refractivity contribution in [2.45, 2.75) is 35.7 Å². The molecule has 1 aromatic carbocycles. The second-order valence-electron chi connectivity index (χ2n) is 11.1. The third-order valence-corrected chi connectivity index (χ3v) is 9.85. The van der Waals surface area contributed by atoms with E-state index in [9.17, 15) is 30.8 Å². The molecule has 7 rings (SSSR count). The maximum absolute atomic E-state index is 14.7. The van der Waals surface area contributed by atoms with Crippen LogP contribution in [0, 0.1) is 5.82 Å². The van der Waals surface area contributed by atoms with Crippen molar-refractivity contribution in [3.8, 4) is 11.5 Å². The number of hydrogen-bond acceptors (Lipinski definition) is 10. The van der Waals surface area contributed by atoms with E-state index >= 15 is 0 Å². The number of nitrogens with zero attached hydrogens (tertiary/aromatic N) is 5. The Morgan fingerprint density at radius 2 is 1.80 bits per heavy atom. The molecule has 0 unspecified atom stereocenters. The number of carbonyl (C=O) groups is 1. The van der Waals surface area contributed by atoms with Crippen LogP contribution in [0.15, 0.2) is 53.7 Å². The average molecular weight is 659 g/mol. The van der Waals surface area contributed by atoms with E-state index in [0.29, 0.717) is 52.8 Å². The summed E-state index contributed by atoms with van der Waals surface area (Å²) in [5, 5.41) is 3.29. The van der Waals surface area contributed by atoms with Crippen molar-refractivity contribution < 1.29 is 40.2 Å². The Balaban J connectivity index is 1.10. The molecule has 0 bridgehead atoms. The Morgan fingerprint density at radius 3 is 2.61 bits per heavy atom. The summed E-state index contributed by atoms with van der Waals surface area (Å²) < 4.78 is 92.5. The topological polar surface area (TPSA) is 127 Å². The number of fused-ring (bicyclic) bond motifs is 3. The van der Waals surface area contributed by atoms with E-state index < -0.39 is 56.5 Å². The van der Waals surface area contributed by atoms with Gasteiger partial charge in [-0.25, -0.2) is 35.9 Å². The maximum Gasteiger partial charge on any atom is 0.251 e. The molecule has 0 spiro atoms. The fraction of sp³-hybridized carbons (Fsp3) is 0.333. The number of nitrogens with one attached hydrogen (secondary N) is 1. The lowest BCUT2D eigenvalue weighted by Crippen LogP contribution is -2.30. The molecule has 6 heterocycles. The molecule has 46 heavy (non-hydrogen) atoms. The van der Waals surface area contributed by atoms with Crippen molar-refractivity contribution in [3.05, 3.63) is 65.9 Å². The molecule has 1 amide bonds. The highest BCUT2D eigenvalue weighted by molar-refractivity contribution is 7.92. The minimum Gasteiger partial charge on any atom is -0.489 e. The molecule has 240 valence electrons. The number of pyridine rings is 3. The molecular weight excluding hydrogens is 632 g/mol. The highest BCUT2D eigenvalue weighted by atomic mass is 32.2. The van der Waals surface area contributed by atoms with E-state index in [-0.39, 0.29) is 31.8 Å². The van der Waals surface area contributed by atoms with Crippen LogP contribution in [0.4, 0.5) is 34.9 Å². The van der Waals surface area contributed by atoms with Gasteiger partial charge in [-0.3, -0.25) is 9.78 Å². The lowest BCUT2D eigenvalue weighted by Gasteiger charge is -2.30.